The molecule has 2 aliphatic carbocycles. The Hall–Kier alpha value is -1.41. The molecule has 0 bridgehead atoms. The van der Waals surface area contributed by atoms with Crippen molar-refractivity contribution in [1.82, 2.24) is 0 Å². The number of nitrogens with two attached hydrogens (primary N) is 1. The van der Waals surface area contributed by atoms with Gasteiger partial charge in [0.2, 0.25) is 5.67 Å². The zero-order valence-corrected chi connectivity index (χ0v) is 18.4. The third kappa shape index (κ3) is 4.05. The van der Waals surface area contributed by atoms with Gasteiger partial charge in [-0.1, -0.05) is 43.1 Å². The number of carbonyl (C=O) groups is 2. The van der Waals surface area contributed by atoms with E-state index in [1.165, 1.54) is 0 Å². The number of aliphatic carboxylic acids is 1. The Morgan fingerprint density at radius 3 is 2.63 bits per heavy atom. The average molecular weight is 462 g/mol. The summed E-state index contributed by atoms with van der Waals surface area (Å²) < 4.78 is 26.2. The first-order chi connectivity index (χ1) is 14.0. The highest BCUT2D eigenvalue weighted by molar-refractivity contribution is 6.42. The fourth-order valence-electron chi connectivity index (χ4n) is 4.39. The summed E-state index contributed by atoms with van der Waals surface area (Å²) in [6.45, 7) is 4.21. The second-order valence-electron chi connectivity index (χ2n) is 8.55. The van der Waals surface area contributed by atoms with E-state index in [9.17, 15) is 14.7 Å². The molecule has 0 aliphatic heterocycles. The van der Waals surface area contributed by atoms with Crippen molar-refractivity contribution in [3.63, 3.8) is 0 Å². The van der Waals surface area contributed by atoms with Crippen LogP contribution in [-0.2, 0) is 25.7 Å². The molecule has 0 saturated heterocycles. The van der Waals surface area contributed by atoms with Gasteiger partial charge in [0.15, 0.2) is 0 Å². The summed E-state index contributed by atoms with van der Waals surface area (Å²) in [5.74, 6) is -4.00. The summed E-state index contributed by atoms with van der Waals surface area (Å²) in [7, 11) is 0. The smallest absolute Gasteiger partial charge is 0.344 e. The van der Waals surface area contributed by atoms with Crippen molar-refractivity contribution in [3.05, 3.63) is 33.8 Å². The number of esters is 1. The summed E-state index contributed by atoms with van der Waals surface area (Å²) in [5.41, 5.74) is 2.41. The number of fused-ring (bicyclic) bond motifs is 1. The van der Waals surface area contributed by atoms with E-state index in [1.807, 2.05) is 13.8 Å². The average Bonchev–Trinajstić information content (AvgIpc) is 3.15. The number of ether oxygens (including phenoxy) is 2. The van der Waals surface area contributed by atoms with Crippen molar-refractivity contribution in [3.8, 4) is 0 Å². The molecule has 0 radical (unpaired) electrons. The zero-order chi connectivity index (χ0) is 22.3. The minimum absolute atomic E-state index is 0.0202. The number of benzene rings is 1. The summed E-state index contributed by atoms with van der Waals surface area (Å²) in [4.78, 5) is 24.3. The second kappa shape index (κ2) is 8.61. The maximum atomic E-state index is 15.4. The largest absolute Gasteiger partial charge is 0.480 e. The maximum Gasteiger partial charge on any atom is 0.344 e. The molecule has 0 spiro atoms. The number of hydrogen-bond acceptors (Lipinski definition) is 5. The van der Waals surface area contributed by atoms with Crippen LogP contribution in [0.1, 0.15) is 38.7 Å². The topological polar surface area (TPSA) is 98.9 Å². The molecule has 2 fully saturated rings. The maximum absolute atomic E-state index is 15.4. The van der Waals surface area contributed by atoms with Crippen LogP contribution in [0.3, 0.4) is 0 Å². The molecule has 2 aliphatic rings. The van der Waals surface area contributed by atoms with Gasteiger partial charge in [-0.2, -0.15) is 0 Å². The molecular formula is C21H26Cl2FNO5. The Kier molecular flexibility index (Phi) is 6.68. The first-order valence-corrected chi connectivity index (χ1v) is 10.7. The van der Waals surface area contributed by atoms with Gasteiger partial charge in [-0.05, 0) is 42.9 Å². The molecule has 0 unspecified atom stereocenters. The fourth-order valence-corrected chi connectivity index (χ4v) is 4.71. The summed E-state index contributed by atoms with van der Waals surface area (Å²) in [6, 6.07) is 4.90. The molecular weight excluding hydrogens is 436 g/mol. The number of carboxylic acid groups (broad SMARTS) is 1. The first kappa shape index (κ1) is 23.3. The Bertz CT molecular complexity index is 838. The standard InChI is InChI=1S/C21H26Cl2FNO5/c1-11(2)4-3-7-29-19(28)20(24)13-9-16(21(25,17(13)20)18(26)27)30-10-12-5-6-14(22)15(23)8-12/h5-6,8,11,13,16-17H,3-4,7,9-10,25H2,1-2H3,(H,26,27)/t13-,16-,17+,20-,21+/m1/s1. The van der Waals surface area contributed by atoms with E-state index >= 15 is 4.39 Å². The van der Waals surface area contributed by atoms with E-state index in [1.54, 1.807) is 18.2 Å². The third-order valence-electron chi connectivity index (χ3n) is 6.08. The van der Waals surface area contributed by atoms with Crippen LogP contribution in [-0.4, -0.2) is 41.0 Å². The minimum atomic E-state index is -2.38. The fraction of sp³-hybridized carbons (Fsp3) is 0.619. The van der Waals surface area contributed by atoms with Crippen LogP contribution >= 0.6 is 23.2 Å². The predicted octanol–water partition coefficient (Wildman–Crippen LogP) is 4.00. The van der Waals surface area contributed by atoms with Crippen LogP contribution in [0, 0.1) is 17.8 Å². The molecule has 9 heteroatoms. The molecule has 3 rings (SSSR count). The molecule has 30 heavy (non-hydrogen) atoms. The van der Waals surface area contributed by atoms with E-state index < -0.39 is 41.1 Å². The Labute approximate surface area is 184 Å². The van der Waals surface area contributed by atoms with Gasteiger partial charge in [0.05, 0.1) is 29.4 Å². The van der Waals surface area contributed by atoms with Crippen LogP contribution in [0.4, 0.5) is 4.39 Å². The van der Waals surface area contributed by atoms with Gasteiger partial charge in [0.1, 0.15) is 5.54 Å². The predicted molar refractivity (Wildman–Crippen MR) is 110 cm³/mol. The second-order valence-corrected chi connectivity index (χ2v) is 9.36. The molecule has 2 saturated carbocycles. The van der Waals surface area contributed by atoms with E-state index in [0.29, 0.717) is 27.9 Å². The molecule has 166 valence electrons. The van der Waals surface area contributed by atoms with Crippen molar-refractivity contribution in [2.24, 2.45) is 23.5 Å². The van der Waals surface area contributed by atoms with Gasteiger partial charge in [-0.3, -0.25) is 4.79 Å². The molecule has 1 aromatic carbocycles. The molecule has 1 aromatic rings. The Balaban J connectivity index is 1.64. The normalized spacial score (nSPS) is 32.2. The van der Waals surface area contributed by atoms with Crippen LogP contribution in [0.15, 0.2) is 18.2 Å². The summed E-state index contributed by atoms with van der Waals surface area (Å²) in [6.07, 6.45) is 0.542. The molecule has 0 heterocycles. The number of alkyl halides is 1. The van der Waals surface area contributed by atoms with Crippen LogP contribution in [0.2, 0.25) is 10.0 Å². The molecule has 0 amide bonds. The van der Waals surface area contributed by atoms with Crippen LogP contribution in [0.25, 0.3) is 0 Å². The van der Waals surface area contributed by atoms with Crippen molar-refractivity contribution in [1.29, 1.82) is 0 Å². The lowest BCUT2D eigenvalue weighted by atomic mass is 9.88. The molecule has 0 aromatic heterocycles. The van der Waals surface area contributed by atoms with E-state index in [-0.39, 0.29) is 19.6 Å². The number of rotatable bonds is 9. The molecule has 5 atom stereocenters. The summed E-state index contributed by atoms with van der Waals surface area (Å²) >= 11 is 11.9. The van der Waals surface area contributed by atoms with Gasteiger partial charge < -0.3 is 20.3 Å². The Morgan fingerprint density at radius 1 is 1.33 bits per heavy atom. The highest BCUT2D eigenvalue weighted by atomic mass is 35.5. The van der Waals surface area contributed by atoms with Crippen LogP contribution in [0.5, 0.6) is 0 Å². The van der Waals surface area contributed by atoms with Gasteiger partial charge in [0.25, 0.3) is 0 Å². The van der Waals surface area contributed by atoms with E-state index in [4.69, 9.17) is 38.4 Å². The number of hydrogen-bond donors (Lipinski definition) is 2. The van der Waals surface area contributed by atoms with Crippen molar-refractivity contribution in [2.75, 3.05) is 6.61 Å². The number of carbonyl (C=O) groups excluding carboxylic acids is 1. The quantitative estimate of drug-likeness (QED) is 0.425. The van der Waals surface area contributed by atoms with E-state index in [2.05, 4.69) is 0 Å². The Morgan fingerprint density at radius 2 is 2.03 bits per heavy atom. The van der Waals surface area contributed by atoms with Crippen molar-refractivity contribution >= 4 is 35.1 Å². The van der Waals surface area contributed by atoms with Gasteiger partial charge >= 0.3 is 11.9 Å². The molecule has 6 nitrogen and oxygen atoms in total. The van der Waals surface area contributed by atoms with E-state index in [0.717, 1.165) is 6.42 Å². The van der Waals surface area contributed by atoms with Crippen LogP contribution < -0.4 is 5.73 Å². The zero-order valence-electron chi connectivity index (χ0n) is 16.9. The minimum Gasteiger partial charge on any atom is -0.480 e. The SMILES string of the molecule is CC(C)CCCOC(=O)[C@@]1(F)[C@@H]2C[C@@H](OCc3ccc(Cl)c(Cl)c3)[C@@](N)(C(=O)O)[C@@H]21. The first-order valence-electron chi connectivity index (χ1n) is 9.96. The lowest BCUT2D eigenvalue weighted by molar-refractivity contribution is -0.160. The summed E-state index contributed by atoms with van der Waals surface area (Å²) in [5, 5.41) is 10.5. The monoisotopic (exact) mass is 461 g/mol. The van der Waals surface area contributed by atoms with Gasteiger partial charge in [-0.25, -0.2) is 9.18 Å². The third-order valence-corrected chi connectivity index (χ3v) is 6.82. The highest BCUT2D eigenvalue weighted by Crippen LogP contribution is 2.67. The van der Waals surface area contributed by atoms with Gasteiger partial charge in [-0.15, -0.1) is 0 Å². The van der Waals surface area contributed by atoms with Crippen molar-refractivity contribution < 1.29 is 28.6 Å². The number of halogens is 3. The van der Waals surface area contributed by atoms with Crippen molar-refractivity contribution in [2.45, 2.75) is 57.0 Å². The highest BCUT2D eigenvalue weighted by Gasteiger charge is 2.85. The lowest BCUT2D eigenvalue weighted by Gasteiger charge is -2.32. The van der Waals surface area contributed by atoms with Gasteiger partial charge in [0, 0.05) is 11.8 Å². The molecule has 3 N–H and O–H groups in total. The number of carboxylic acids is 1. The lowest BCUT2D eigenvalue weighted by Crippen LogP contribution is -2.60.